The van der Waals surface area contributed by atoms with E-state index in [-0.39, 0.29) is 12.1 Å². The van der Waals surface area contributed by atoms with Crippen LogP contribution in [-0.4, -0.2) is 11.8 Å². The quantitative estimate of drug-likeness (QED) is 0.679. The van der Waals surface area contributed by atoms with Crippen molar-refractivity contribution in [2.24, 2.45) is 0 Å². The van der Waals surface area contributed by atoms with Crippen LogP contribution in [0.5, 0.6) is 0 Å². The van der Waals surface area contributed by atoms with Gasteiger partial charge in [0.15, 0.2) is 13.2 Å². The molecule has 0 aliphatic heterocycles. The molecule has 0 fully saturated rings. The van der Waals surface area contributed by atoms with Crippen molar-refractivity contribution in [3.63, 3.8) is 0 Å². The monoisotopic (exact) mass is 185 g/mol. The number of nitrogens with zero attached hydrogens (tertiary/aromatic N) is 1. The molecule has 0 amide bonds. The van der Waals surface area contributed by atoms with Gasteiger partial charge in [0.2, 0.25) is 5.69 Å². The molecule has 13 heavy (non-hydrogen) atoms. The molecule has 74 valence electrons. The molecule has 3 heteroatoms. The summed E-state index contributed by atoms with van der Waals surface area (Å²) in [6, 6.07) is 0. The molecule has 0 unspecified atom stereocenters. The highest BCUT2D eigenvalue weighted by atomic mass is 19.1. The van der Waals surface area contributed by atoms with Gasteiger partial charge in [-0.05, 0) is 5.41 Å². The predicted octanol–water partition coefficient (Wildman–Crippen LogP) is 1.88. The van der Waals surface area contributed by atoms with Crippen molar-refractivity contribution in [1.29, 1.82) is 0 Å². The van der Waals surface area contributed by atoms with Crippen molar-refractivity contribution < 1.29 is 9.07 Å². The SMILES string of the molecule is Cc1c(C(C)(C)C)c[nH][n+]1CCF. The van der Waals surface area contributed by atoms with Gasteiger partial charge in [-0.15, -0.1) is 4.68 Å². The van der Waals surface area contributed by atoms with E-state index in [2.05, 4.69) is 25.9 Å². The topological polar surface area (TPSA) is 19.7 Å². The van der Waals surface area contributed by atoms with Crippen LogP contribution in [0.4, 0.5) is 4.39 Å². The zero-order valence-corrected chi connectivity index (χ0v) is 8.82. The maximum absolute atomic E-state index is 12.1. The lowest BCUT2D eigenvalue weighted by atomic mass is 9.88. The van der Waals surface area contributed by atoms with E-state index in [1.165, 1.54) is 5.56 Å². The molecule has 2 nitrogen and oxygen atoms in total. The second kappa shape index (κ2) is 3.48. The van der Waals surface area contributed by atoms with Crippen LogP contribution in [0.3, 0.4) is 0 Å². The smallest absolute Gasteiger partial charge is 0.208 e. The Morgan fingerprint density at radius 3 is 2.46 bits per heavy atom. The minimum absolute atomic E-state index is 0.127. The molecule has 1 N–H and O–H groups in total. The molecule has 0 aliphatic carbocycles. The van der Waals surface area contributed by atoms with Gasteiger partial charge in [-0.25, -0.2) is 4.39 Å². The second-order valence-corrected chi connectivity index (χ2v) is 4.36. The Labute approximate surface area is 78.8 Å². The highest BCUT2D eigenvalue weighted by Crippen LogP contribution is 2.22. The summed E-state index contributed by atoms with van der Waals surface area (Å²) in [5, 5.41) is 3.06. The number of aromatic amines is 1. The number of H-pyrrole nitrogens is 1. The van der Waals surface area contributed by atoms with E-state index in [0.29, 0.717) is 6.54 Å². The number of rotatable bonds is 2. The largest absolute Gasteiger partial charge is 0.244 e. The lowest BCUT2D eigenvalue weighted by molar-refractivity contribution is -0.755. The molecule has 0 aromatic carbocycles. The average Bonchev–Trinajstić information content (AvgIpc) is 2.32. The molecule has 0 atom stereocenters. The van der Waals surface area contributed by atoms with Crippen LogP contribution in [0.25, 0.3) is 0 Å². The van der Waals surface area contributed by atoms with Crippen LogP contribution in [0.2, 0.25) is 0 Å². The van der Waals surface area contributed by atoms with Gasteiger partial charge in [0.25, 0.3) is 0 Å². The molecule has 0 spiro atoms. The summed E-state index contributed by atoms with van der Waals surface area (Å²) in [5.41, 5.74) is 2.51. The highest BCUT2D eigenvalue weighted by Gasteiger charge is 2.24. The maximum Gasteiger partial charge on any atom is 0.208 e. The zero-order valence-electron chi connectivity index (χ0n) is 8.82. The van der Waals surface area contributed by atoms with Crippen LogP contribution >= 0.6 is 0 Å². The Morgan fingerprint density at radius 1 is 1.46 bits per heavy atom. The molecule has 0 radical (unpaired) electrons. The molecule has 1 aromatic heterocycles. The first kappa shape index (κ1) is 10.2. The Balaban J connectivity index is 2.99. The van der Waals surface area contributed by atoms with Crippen LogP contribution in [0, 0.1) is 6.92 Å². The Morgan fingerprint density at radius 2 is 2.08 bits per heavy atom. The van der Waals surface area contributed by atoms with Crippen LogP contribution in [0.1, 0.15) is 32.0 Å². The molecule has 0 saturated carbocycles. The van der Waals surface area contributed by atoms with Gasteiger partial charge >= 0.3 is 0 Å². The second-order valence-electron chi connectivity index (χ2n) is 4.36. The van der Waals surface area contributed by atoms with Crippen molar-refractivity contribution >= 4 is 0 Å². The zero-order chi connectivity index (χ0) is 10.1. The van der Waals surface area contributed by atoms with Gasteiger partial charge in [0.1, 0.15) is 0 Å². The molecular formula is C10H18FN2+. The van der Waals surface area contributed by atoms with Crippen molar-refractivity contribution in [3.05, 3.63) is 17.5 Å². The summed E-state index contributed by atoms with van der Waals surface area (Å²) in [6.07, 6.45) is 1.96. The van der Waals surface area contributed by atoms with E-state index in [1.807, 2.05) is 17.8 Å². The molecule has 1 heterocycles. The Bertz CT molecular complexity index is 284. The number of alkyl halides is 1. The Hall–Kier alpha value is -0.860. The standard InChI is InChI=1S/C10H17FN2/c1-8-9(10(2,3)4)7-12-13(8)6-5-11/h7H,5-6H2,1-4H3/p+1. The van der Waals surface area contributed by atoms with E-state index in [9.17, 15) is 4.39 Å². The van der Waals surface area contributed by atoms with Crippen molar-refractivity contribution in [3.8, 4) is 0 Å². The summed E-state index contributed by atoms with van der Waals surface area (Å²) >= 11 is 0. The minimum Gasteiger partial charge on any atom is -0.244 e. The third kappa shape index (κ3) is 2.08. The molecular weight excluding hydrogens is 167 g/mol. The number of aromatic nitrogens is 2. The van der Waals surface area contributed by atoms with Gasteiger partial charge in [0.05, 0.1) is 6.20 Å². The lowest BCUT2D eigenvalue weighted by Crippen LogP contribution is -2.39. The molecule has 0 bridgehead atoms. The van der Waals surface area contributed by atoms with Gasteiger partial charge < -0.3 is 0 Å². The minimum atomic E-state index is -0.324. The summed E-state index contributed by atoms with van der Waals surface area (Å²) in [4.78, 5) is 0. The maximum atomic E-state index is 12.1. The number of hydrogen-bond acceptors (Lipinski definition) is 0. The van der Waals surface area contributed by atoms with E-state index < -0.39 is 0 Å². The number of nitrogens with one attached hydrogen (secondary N) is 1. The third-order valence-electron chi connectivity index (χ3n) is 2.28. The number of aryl methyl sites for hydroxylation is 1. The molecule has 1 rings (SSSR count). The van der Waals surface area contributed by atoms with Gasteiger partial charge in [0, 0.05) is 12.5 Å². The van der Waals surface area contributed by atoms with E-state index in [4.69, 9.17) is 0 Å². The van der Waals surface area contributed by atoms with E-state index in [1.54, 1.807) is 0 Å². The fraction of sp³-hybridized carbons (Fsp3) is 0.700. The third-order valence-corrected chi connectivity index (χ3v) is 2.28. The first-order valence-corrected chi connectivity index (χ1v) is 4.61. The summed E-state index contributed by atoms with van der Waals surface area (Å²) < 4.78 is 14.0. The Kier molecular flexibility index (Phi) is 2.74. The lowest BCUT2D eigenvalue weighted by Gasteiger charge is -2.14. The molecule has 0 aliphatic rings. The van der Waals surface area contributed by atoms with Gasteiger partial charge in [-0.2, -0.15) is 5.10 Å². The van der Waals surface area contributed by atoms with Crippen LogP contribution in [-0.2, 0) is 12.0 Å². The summed E-state index contributed by atoms with van der Waals surface area (Å²) in [7, 11) is 0. The van der Waals surface area contributed by atoms with Gasteiger partial charge in [-0.3, -0.25) is 0 Å². The van der Waals surface area contributed by atoms with Crippen LogP contribution in [0.15, 0.2) is 6.20 Å². The van der Waals surface area contributed by atoms with Crippen molar-refractivity contribution in [1.82, 2.24) is 5.10 Å². The fourth-order valence-corrected chi connectivity index (χ4v) is 1.57. The summed E-state index contributed by atoms with van der Waals surface area (Å²) in [6.45, 7) is 8.58. The van der Waals surface area contributed by atoms with E-state index in [0.717, 1.165) is 5.69 Å². The highest BCUT2D eigenvalue weighted by molar-refractivity contribution is 5.20. The average molecular weight is 185 g/mol. The van der Waals surface area contributed by atoms with E-state index >= 15 is 0 Å². The summed E-state index contributed by atoms with van der Waals surface area (Å²) in [5.74, 6) is 0. The number of halogens is 1. The van der Waals surface area contributed by atoms with Gasteiger partial charge in [-0.1, -0.05) is 20.8 Å². The first-order chi connectivity index (χ1) is 5.96. The predicted molar refractivity (Wildman–Crippen MR) is 50.4 cm³/mol. The fourth-order valence-electron chi connectivity index (χ4n) is 1.57. The number of hydrogen-bond donors (Lipinski definition) is 1. The van der Waals surface area contributed by atoms with Crippen molar-refractivity contribution in [2.45, 2.75) is 39.7 Å². The first-order valence-electron chi connectivity index (χ1n) is 4.61. The molecule has 0 saturated heterocycles. The van der Waals surface area contributed by atoms with Crippen LogP contribution < -0.4 is 4.68 Å². The van der Waals surface area contributed by atoms with Crippen molar-refractivity contribution in [2.75, 3.05) is 6.67 Å². The molecule has 1 aromatic rings. The normalized spacial score (nSPS) is 12.1.